The van der Waals surface area contributed by atoms with Crippen LogP contribution in [0.2, 0.25) is 0 Å². The number of amides is 1. The molecule has 138 valence electrons. The largest absolute Gasteiger partial charge is 0.456 e. The summed E-state index contributed by atoms with van der Waals surface area (Å²) in [6.07, 6.45) is 5.66. The normalized spacial score (nSPS) is 27.2. The average molecular weight is 373 g/mol. The Kier molecular flexibility index (Phi) is 4.55. The Morgan fingerprint density at radius 2 is 2.00 bits per heavy atom. The van der Waals surface area contributed by atoms with E-state index in [0.717, 1.165) is 25.7 Å². The molecule has 1 aliphatic carbocycles. The first-order chi connectivity index (χ1) is 12.5. The maximum Gasteiger partial charge on any atom is 0.330 e. The van der Waals surface area contributed by atoms with E-state index in [0.29, 0.717) is 17.7 Å². The lowest BCUT2D eigenvalue weighted by molar-refractivity contribution is -0.152. The van der Waals surface area contributed by atoms with Gasteiger partial charge in [0.15, 0.2) is 12.4 Å². The second-order valence-corrected chi connectivity index (χ2v) is 8.99. The summed E-state index contributed by atoms with van der Waals surface area (Å²) >= 11 is 1.62. The molecule has 2 atom stereocenters. The quantitative estimate of drug-likeness (QED) is 0.600. The van der Waals surface area contributed by atoms with Gasteiger partial charge in [0.2, 0.25) is 5.91 Å². The van der Waals surface area contributed by atoms with Crippen LogP contribution in [-0.2, 0) is 27.2 Å². The number of thioether (sulfide) groups is 1. The van der Waals surface area contributed by atoms with Crippen LogP contribution in [0.1, 0.15) is 54.1 Å². The zero-order chi connectivity index (χ0) is 18.3. The van der Waals surface area contributed by atoms with Gasteiger partial charge in [-0.05, 0) is 56.2 Å². The molecule has 26 heavy (non-hydrogen) atoms. The molecule has 2 fully saturated rings. The molecule has 1 aromatic carbocycles. The lowest BCUT2D eigenvalue weighted by Gasteiger charge is -2.29. The topological polar surface area (TPSA) is 63.7 Å². The van der Waals surface area contributed by atoms with E-state index < -0.39 is 12.0 Å². The van der Waals surface area contributed by atoms with Gasteiger partial charge in [-0.2, -0.15) is 0 Å². The summed E-state index contributed by atoms with van der Waals surface area (Å²) in [4.78, 5) is 38.4. The second kappa shape index (κ2) is 6.72. The Bertz CT molecular complexity index is 777. The molecule has 2 saturated heterocycles. The minimum absolute atomic E-state index is 0.000429. The van der Waals surface area contributed by atoms with E-state index in [1.807, 2.05) is 25.1 Å². The minimum Gasteiger partial charge on any atom is -0.456 e. The standard InChI is InChI=1S/C20H23NO4S/c1-20-9-8-18(23)21(20)16(12-26-20)19(24)25-11-17(22)15-7-6-13-4-2-3-5-14(13)10-15/h6-7,10,16H,2-5,8-9,11-12H2,1H3/t16-,20+/m0/s1. The summed E-state index contributed by atoms with van der Waals surface area (Å²) in [5.74, 6) is -0.121. The van der Waals surface area contributed by atoms with Crippen LogP contribution in [0.4, 0.5) is 0 Å². The molecule has 0 radical (unpaired) electrons. The van der Waals surface area contributed by atoms with Crippen molar-refractivity contribution in [3.8, 4) is 0 Å². The van der Waals surface area contributed by atoms with E-state index >= 15 is 0 Å². The summed E-state index contributed by atoms with van der Waals surface area (Å²) in [5.41, 5.74) is 3.15. The molecule has 1 amide bonds. The molecule has 5 nitrogen and oxygen atoms in total. The first kappa shape index (κ1) is 17.6. The number of esters is 1. The maximum absolute atomic E-state index is 12.5. The van der Waals surface area contributed by atoms with Crippen LogP contribution in [0, 0.1) is 0 Å². The number of fused-ring (bicyclic) bond motifs is 2. The molecule has 0 bridgehead atoms. The molecular formula is C20H23NO4S. The Morgan fingerprint density at radius 1 is 1.23 bits per heavy atom. The van der Waals surface area contributed by atoms with Crippen LogP contribution in [0.15, 0.2) is 18.2 Å². The summed E-state index contributed by atoms with van der Waals surface area (Å²) < 4.78 is 5.29. The number of hydrogen-bond acceptors (Lipinski definition) is 5. The van der Waals surface area contributed by atoms with Crippen molar-refractivity contribution in [3.05, 3.63) is 34.9 Å². The van der Waals surface area contributed by atoms with Gasteiger partial charge in [0.25, 0.3) is 0 Å². The Morgan fingerprint density at radius 3 is 2.81 bits per heavy atom. The number of benzene rings is 1. The zero-order valence-electron chi connectivity index (χ0n) is 15.0. The van der Waals surface area contributed by atoms with Crippen molar-refractivity contribution in [1.29, 1.82) is 0 Å². The van der Waals surface area contributed by atoms with Crippen molar-refractivity contribution in [1.82, 2.24) is 4.90 Å². The molecule has 0 saturated carbocycles. The van der Waals surface area contributed by atoms with Gasteiger partial charge in [0.05, 0.1) is 4.87 Å². The number of hydrogen-bond donors (Lipinski definition) is 0. The highest BCUT2D eigenvalue weighted by atomic mass is 32.2. The van der Waals surface area contributed by atoms with E-state index in [9.17, 15) is 14.4 Å². The third-order valence-corrected chi connectivity index (χ3v) is 7.24. The second-order valence-electron chi connectivity index (χ2n) is 7.49. The molecule has 0 aromatic heterocycles. The van der Waals surface area contributed by atoms with E-state index in [1.54, 1.807) is 16.7 Å². The van der Waals surface area contributed by atoms with E-state index in [1.165, 1.54) is 17.5 Å². The van der Waals surface area contributed by atoms with Gasteiger partial charge in [-0.25, -0.2) is 4.79 Å². The number of rotatable bonds is 4. The highest BCUT2D eigenvalue weighted by Crippen LogP contribution is 2.47. The molecule has 6 heteroatoms. The van der Waals surface area contributed by atoms with Gasteiger partial charge >= 0.3 is 5.97 Å². The molecule has 1 aromatic rings. The molecule has 3 aliphatic rings. The number of ether oxygens (including phenoxy) is 1. The summed E-state index contributed by atoms with van der Waals surface area (Å²) in [6.45, 7) is 1.73. The first-order valence-electron chi connectivity index (χ1n) is 9.26. The maximum atomic E-state index is 12.5. The van der Waals surface area contributed by atoms with E-state index in [2.05, 4.69) is 0 Å². The van der Waals surface area contributed by atoms with Crippen LogP contribution >= 0.6 is 11.8 Å². The number of ketones is 1. The van der Waals surface area contributed by atoms with Gasteiger partial charge in [-0.1, -0.05) is 12.1 Å². The fraction of sp³-hybridized carbons (Fsp3) is 0.550. The van der Waals surface area contributed by atoms with Gasteiger partial charge < -0.3 is 9.64 Å². The number of carbonyl (C=O) groups excluding carboxylic acids is 3. The van der Waals surface area contributed by atoms with E-state index in [4.69, 9.17) is 4.74 Å². The molecular weight excluding hydrogens is 350 g/mol. The summed E-state index contributed by atoms with van der Waals surface area (Å²) in [7, 11) is 0. The average Bonchev–Trinajstić information content (AvgIpc) is 3.15. The van der Waals surface area contributed by atoms with Gasteiger partial charge in [-0.15, -0.1) is 11.8 Å². The smallest absolute Gasteiger partial charge is 0.330 e. The number of aryl methyl sites for hydroxylation is 2. The predicted octanol–water partition coefficient (Wildman–Crippen LogP) is 2.75. The van der Waals surface area contributed by atoms with Gasteiger partial charge in [-0.3, -0.25) is 9.59 Å². The van der Waals surface area contributed by atoms with E-state index in [-0.39, 0.29) is 23.2 Å². The molecule has 4 rings (SSSR count). The van der Waals surface area contributed by atoms with Crippen LogP contribution in [-0.4, -0.2) is 45.8 Å². The van der Waals surface area contributed by atoms with Crippen molar-refractivity contribution in [2.75, 3.05) is 12.4 Å². The molecule has 2 heterocycles. The van der Waals surface area contributed by atoms with Crippen molar-refractivity contribution < 1.29 is 19.1 Å². The Balaban J connectivity index is 1.39. The summed E-state index contributed by atoms with van der Waals surface area (Å²) in [6, 6.07) is 5.21. The zero-order valence-corrected chi connectivity index (χ0v) is 15.8. The number of carbonyl (C=O) groups is 3. The molecule has 2 aliphatic heterocycles. The van der Waals surface area contributed by atoms with Crippen LogP contribution in [0.25, 0.3) is 0 Å². The van der Waals surface area contributed by atoms with Gasteiger partial charge in [0, 0.05) is 17.7 Å². The van der Waals surface area contributed by atoms with Crippen molar-refractivity contribution in [3.63, 3.8) is 0 Å². The monoisotopic (exact) mass is 373 g/mol. The predicted molar refractivity (Wildman–Crippen MR) is 99.1 cm³/mol. The highest BCUT2D eigenvalue weighted by Gasteiger charge is 2.53. The first-order valence-corrected chi connectivity index (χ1v) is 10.2. The Hall–Kier alpha value is -1.82. The lowest BCUT2D eigenvalue weighted by atomic mass is 9.90. The van der Waals surface area contributed by atoms with Crippen molar-refractivity contribution >= 4 is 29.4 Å². The van der Waals surface area contributed by atoms with Crippen molar-refractivity contribution in [2.45, 2.75) is 56.4 Å². The highest BCUT2D eigenvalue weighted by molar-refractivity contribution is 8.01. The lowest BCUT2D eigenvalue weighted by Crippen LogP contribution is -2.46. The third-order valence-electron chi connectivity index (χ3n) is 5.73. The SMILES string of the molecule is C[C@@]12CCC(=O)N1[C@H](C(=O)OCC(=O)c1ccc3c(c1)CCCC3)CS2. The number of nitrogens with zero attached hydrogens (tertiary/aromatic N) is 1. The summed E-state index contributed by atoms with van der Waals surface area (Å²) in [5, 5.41) is 0. The van der Waals surface area contributed by atoms with Crippen LogP contribution in [0.5, 0.6) is 0 Å². The van der Waals surface area contributed by atoms with Gasteiger partial charge in [0.1, 0.15) is 6.04 Å². The molecule has 0 unspecified atom stereocenters. The number of Topliss-reactive ketones (excluding diaryl/α,β-unsaturated/α-hetero) is 1. The molecule has 0 N–H and O–H groups in total. The van der Waals surface area contributed by atoms with Crippen LogP contribution < -0.4 is 0 Å². The van der Waals surface area contributed by atoms with Crippen molar-refractivity contribution in [2.24, 2.45) is 0 Å². The third kappa shape index (κ3) is 3.04. The molecule has 0 spiro atoms. The fourth-order valence-electron chi connectivity index (χ4n) is 4.22. The Labute approximate surface area is 157 Å². The minimum atomic E-state index is -0.573. The van der Waals surface area contributed by atoms with Crippen LogP contribution in [0.3, 0.4) is 0 Å². The fourth-order valence-corrected chi connectivity index (χ4v) is 5.63.